The largest absolute Gasteiger partial charge is 0.508 e. The van der Waals surface area contributed by atoms with Crippen LogP contribution >= 0.6 is 31.9 Å². The second-order valence-corrected chi connectivity index (χ2v) is 7.53. The topological polar surface area (TPSA) is 66.4 Å². The minimum atomic E-state index is -3.67. The number of halogens is 2. The predicted molar refractivity (Wildman–Crippen MR) is 84.0 cm³/mol. The highest BCUT2D eigenvalue weighted by molar-refractivity contribution is 9.11. The third kappa shape index (κ3) is 3.60. The van der Waals surface area contributed by atoms with E-state index in [1.165, 1.54) is 12.1 Å². The summed E-state index contributed by atoms with van der Waals surface area (Å²) in [7, 11) is -3.67. The first kappa shape index (κ1) is 15.5. The molecule has 2 rings (SSSR count). The van der Waals surface area contributed by atoms with Gasteiger partial charge < -0.3 is 5.11 Å². The van der Waals surface area contributed by atoms with Gasteiger partial charge in [-0.05, 0) is 40.2 Å². The van der Waals surface area contributed by atoms with Gasteiger partial charge in [-0.15, -0.1) is 0 Å². The van der Waals surface area contributed by atoms with E-state index in [4.69, 9.17) is 0 Å². The molecule has 106 valence electrons. The van der Waals surface area contributed by atoms with Crippen molar-refractivity contribution in [1.82, 2.24) is 4.72 Å². The van der Waals surface area contributed by atoms with Crippen molar-refractivity contribution in [2.45, 2.75) is 11.4 Å². The van der Waals surface area contributed by atoms with Gasteiger partial charge in [-0.1, -0.05) is 34.1 Å². The smallest absolute Gasteiger partial charge is 0.242 e. The van der Waals surface area contributed by atoms with E-state index in [-0.39, 0.29) is 17.2 Å². The molecule has 20 heavy (non-hydrogen) atoms. The van der Waals surface area contributed by atoms with E-state index in [1.807, 2.05) is 0 Å². The van der Waals surface area contributed by atoms with E-state index in [9.17, 15) is 13.5 Å². The van der Waals surface area contributed by atoms with Crippen LogP contribution in [0, 0.1) is 0 Å². The number of nitrogens with one attached hydrogen (secondary N) is 1. The van der Waals surface area contributed by atoms with E-state index in [1.54, 1.807) is 30.3 Å². The summed E-state index contributed by atoms with van der Waals surface area (Å²) in [5.74, 6) is 0.0588. The Morgan fingerprint density at radius 1 is 1.10 bits per heavy atom. The van der Waals surface area contributed by atoms with Crippen LogP contribution in [0.3, 0.4) is 0 Å². The maximum Gasteiger partial charge on any atom is 0.242 e. The van der Waals surface area contributed by atoms with E-state index in [0.717, 1.165) is 0 Å². The number of sulfonamides is 1. The van der Waals surface area contributed by atoms with Crippen molar-refractivity contribution >= 4 is 41.9 Å². The van der Waals surface area contributed by atoms with Crippen LogP contribution in [0.15, 0.2) is 56.3 Å². The predicted octanol–water partition coefficient (Wildman–Crippen LogP) is 3.40. The number of hydrogen-bond donors (Lipinski definition) is 2. The van der Waals surface area contributed by atoms with Crippen LogP contribution in [0.2, 0.25) is 0 Å². The first-order valence-corrected chi connectivity index (χ1v) is 8.68. The minimum Gasteiger partial charge on any atom is -0.508 e. The Labute approximate surface area is 134 Å². The number of rotatable bonds is 4. The van der Waals surface area contributed by atoms with Crippen LogP contribution in [-0.4, -0.2) is 13.5 Å². The highest BCUT2D eigenvalue weighted by Gasteiger charge is 2.18. The molecule has 0 aliphatic heterocycles. The third-order valence-electron chi connectivity index (χ3n) is 2.63. The molecule has 0 fully saturated rings. The number of phenolic OH excluding ortho intramolecular Hbond substituents is 1. The molecule has 4 nitrogen and oxygen atoms in total. The average molecular weight is 421 g/mol. The summed E-state index contributed by atoms with van der Waals surface area (Å²) in [4.78, 5) is 0.141. The molecule has 7 heteroatoms. The number of aromatic hydroxyl groups is 1. The zero-order valence-corrected chi connectivity index (χ0v) is 14.2. The van der Waals surface area contributed by atoms with Crippen LogP contribution in [-0.2, 0) is 16.6 Å². The molecular weight excluding hydrogens is 410 g/mol. The first-order valence-electron chi connectivity index (χ1n) is 5.62. The van der Waals surface area contributed by atoms with Crippen molar-refractivity contribution in [3.63, 3.8) is 0 Å². The Kier molecular flexibility index (Phi) is 4.85. The van der Waals surface area contributed by atoms with Crippen molar-refractivity contribution in [3.05, 3.63) is 57.0 Å². The lowest BCUT2D eigenvalue weighted by Crippen LogP contribution is -2.23. The molecule has 0 atom stereocenters. The number of hydrogen-bond acceptors (Lipinski definition) is 3. The Morgan fingerprint density at radius 3 is 2.50 bits per heavy atom. The fourth-order valence-corrected chi connectivity index (χ4v) is 4.10. The molecule has 2 aromatic rings. The van der Waals surface area contributed by atoms with Crippen molar-refractivity contribution in [1.29, 1.82) is 0 Å². The zero-order valence-electron chi connectivity index (χ0n) is 10.2. The van der Waals surface area contributed by atoms with Crippen molar-refractivity contribution in [3.8, 4) is 5.75 Å². The number of benzene rings is 2. The Bertz CT molecular complexity index is 732. The Balaban J connectivity index is 2.24. The molecule has 0 aliphatic carbocycles. The molecule has 0 amide bonds. The molecule has 0 unspecified atom stereocenters. The summed E-state index contributed by atoms with van der Waals surface area (Å²) >= 11 is 6.46. The first-order chi connectivity index (χ1) is 9.40. The summed E-state index contributed by atoms with van der Waals surface area (Å²) in [6.07, 6.45) is 0. The Morgan fingerprint density at radius 2 is 1.80 bits per heavy atom. The molecular formula is C13H11Br2NO3S. The molecule has 2 aromatic carbocycles. The van der Waals surface area contributed by atoms with E-state index < -0.39 is 10.0 Å². The second-order valence-electron chi connectivity index (χ2n) is 4.03. The van der Waals surface area contributed by atoms with Crippen LogP contribution in [0.25, 0.3) is 0 Å². The van der Waals surface area contributed by atoms with Gasteiger partial charge in [0.1, 0.15) is 5.75 Å². The summed E-state index contributed by atoms with van der Waals surface area (Å²) in [5, 5.41) is 9.63. The molecule has 2 N–H and O–H groups in total. The number of para-hydroxylation sites is 1. The Hall–Kier alpha value is -0.890. The fraction of sp³-hybridized carbons (Fsp3) is 0.0769. The van der Waals surface area contributed by atoms with Gasteiger partial charge in [0.2, 0.25) is 10.0 Å². The molecule has 0 aliphatic rings. The summed E-state index contributed by atoms with van der Waals surface area (Å²) in [6, 6.07) is 11.5. The standard InChI is InChI=1S/C13H11Br2NO3S/c14-10-5-6-11(15)13(7-10)20(18,19)16-8-9-3-1-2-4-12(9)17/h1-7,16-17H,8H2. The fourth-order valence-electron chi connectivity index (χ4n) is 1.59. The lowest BCUT2D eigenvalue weighted by atomic mass is 10.2. The lowest BCUT2D eigenvalue weighted by Gasteiger charge is -2.10. The SMILES string of the molecule is O=S(=O)(NCc1ccccc1O)c1cc(Br)ccc1Br. The van der Waals surface area contributed by atoms with Gasteiger partial charge in [0.25, 0.3) is 0 Å². The lowest BCUT2D eigenvalue weighted by molar-refractivity contribution is 0.467. The molecule has 0 saturated heterocycles. The van der Waals surface area contributed by atoms with E-state index in [0.29, 0.717) is 14.5 Å². The van der Waals surface area contributed by atoms with Crippen molar-refractivity contribution in [2.75, 3.05) is 0 Å². The van der Waals surface area contributed by atoms with Gasteiger partial charge in [-0.3, -0.25) is 0 Å². The second kappa shape index (κ2) is 6.26. The maximum absolute atomic E-state index is 12.2. The van der Waals surface area contributed by atoms with Gasteiger partial charge in [-0.2, -0.15) is 0 Å². The molecule has 0 aromatic heterocycles. The van der Waals surface area contributed by atoms with E-state index in [2.05, 4.69) is 36.6 Å². The minimum absolute atomic E-state index is 0.0218. The monoisotopic (exact) mass is 419 g/mol. The average Bonchev–Trinajstić information content (AvgIpc) is 2.40. The zero-order chi connectivity index (χ0) is 14.8. The summed E-state index contributed by atoms with van der Waals surface area (Å²) in [6.45, 7) is 0.0218. The molecule has 0 heterocycles. The van der Waals surface area contributed by atoms with Crippen molar-refractivity contribution < 1.29 is 13.5 Å². The van der Waals surface area contributed by atoms with Gasteiger partial charge in [0.05, 0.1) is 4.90 Å². The molecule has 0 radical (unpaired) electrons. The maximum atomic E-state index is 12.2. The highest BCUT2D eigenvalue weighted by Crippen LogP contribution is 2.26. The number of phenols is 1. The highest BCUT2D eigenvalue weighted by atomic mass is 79.9. The van der Waals surface area contributed by atoms with Gasteiger partial charge in [0, 0.05) is 21.1 Å². The summed E-state index contributed by atoms with van der Waals surface area (Å²) in [5.41, 5.74) is 0.516. The van der Waals surface area contributed by atoms with Crippen LogP contribution in [0.1, 0.15) is 5.56 Å². The molecule has 0 spiro atoms. The van der Waals surface area contributed by atoms with Gasteiger partial charge >= 0.3 is 0 Å². The van der Waals surface area contributed by atoms with Crippen LogP contribution < -0.4 is 4.72 Å². The quantitative estimate of drug-likeness (QED) is 0.796. The van der Waals surface area contributed by atoms with Gasteiger partial charge in [0.15, 0.2) is 0 Å². The van der Waals surface area contributed by atoms with Crippen LogP contribution in [0.5, 0.6) is 5.75 Å². The molecule has 0 bridgehead atoms. The van der Waals surface area contributed by atoms with E-state index >= 15 is 0 Å². The van der Waals surface area contributed by atoms with Gasteiger partial charge in [-0.25, -0.2) is 13.1 Å². The summed E-state index contributed by atoms with van der Waals surface area (Å²) < 4.78 is 28.1. The van der Waals surface area contributed by atoms with Crippen molar-refractivity contribution in [2.24, 2.45) is 0 Å². The molecule has 0 saturated carbocycles. The van der Waals surface area contributed by atoms with Crippen LogP contribution in [0.4, 0.5) is 0 Å². The third-order valence-corrected chi connectivity index (χ3v) is 5.52. The normalized spacial score (nSPS) is 11.5.